The maximum atomic E-state index is 2.45. The Kier molecular flexibility index (Phi) is 3.77. The van der Waals surface area contributed by atoms with Gasteiger partial charge in [0.05, 0.1) is 0 Å². The van der Waals surface area contributed by atoms with Gasteiger partial charge in [0.2, 0.25) is 0 Å². The molecule has 0 aliphatic heterocycles. The fourth-order valence-corrected chi connectivity index (χ4v) is 3.43. The Morgan fingerprint density at radius 1 is 0.714 bits per heavy atom. The molecule has 0 unspecified atom stereocenters. The first-order valence-electron chi connectivity index (χ1n) is 3.98. The molecule has 4 heteroatoms. The minimum absolute atomic E-state index is 0.142. The van der Waals surface area contributed by atoms with Crippen LogP contribution in [0.1, 0.15) is 0 Å². The Bertz CT molecular complexity index is 345. The molecule has 0 spiro atoms. The number of alkyl halides is 4. The summed E-state index contributed by atoms with van der Waals surface area (Å²) in [6.07, 6.45) is 13.5. The van der Waals surface area contributed by atoms with Crippen LogP contribution in [-0.2, 0) is 0 Å². The fourth-order valence-electron chi connectivity index (χ4n) is 1.37. The fraction of sp³-hybridized carbons (Fsp3) is 0.200. The van der Waals surface area contributed by atoms with E-state index in [2.05, 4.69) is 127 Å². The molecule has 14 heavy (non-hydrogen) atoms. The lowest BCUT2D eigenvalue weighted by Crippen LogP contribution is -2.14. The van der Waals surface area contributed by atoms with E-state index in [9.17, 15) is 0 Å². The van der Waals surface area contributed by atoms with Crippen molar-refractivity contribution in [2.24, 2.45) is 0 Å². The quantitative estimate of drug-likeness (QED) is 0.257. The van der Waals surface area contributed by atoms with Gasteiger partial charge in [-0.2, -0.15) is 0 Å². The SMILES string of the molecule is IC1(I)C=CC2=CC(I)(I)C=CC2=C1. The molecular formula is C10H6I4. The van der Waals surface area contributed by atoms with E-state index in [0.29, 0.717) is 0 Å². The van der Waals surface area contributed by atoms with Crippen LogP contribution in [0.4, 0.5) is 0 Å². The highest BCUT2D eigenvalue weighted by Gasteiger charge is 2.26. The number of hydrogen-bond acceptors (Lipinski definition) is 0. The lowest BCUT2D eigenvalue weighted by Gasteiger charge is -2.25. The molecule has 0 aromatic rings. The van der Waals surface area contributed by atoms with Crippen molar-refractivity contribution in [3.63, 3.8) is 0 Å². The molecular weight excluding hydrogens is 628 g/mol. The first-order chi connectivity index (χ1) is 6.38. The van der Waals surface area contributed by atoms with E-state index in [0.717, 1.165) is 0 Å². The predicted octanol–water partition coefficient (Wildman–Crippen LogP) is 5.11. The van der Waals surface area contributed by atoms with E-state index in [1.165, 1.54) is 11.1 Å². The van der Waals surface area contributed by atoms with E-state index in [-0.39, 0.29) is 2.86 Å². The van der Waals surface area contributed by atoms with Crippen LogP contribution < -0.4 is 0 Å². The zero-order valence-corrected chi connectivity index (χ0v) is 15.6. The maximum Gasteiger partial charge on any atom is 0.110 e. The third kappa shape index (κ3) is 2.96. The van der Waals surface area contributed by atoms with Gasteiger partial charge in [-0.05, 0) is 23.3 Å². The highest BCUT2D eigenvalue weighted by molar-refractivity contribution is 14.2. The molecule has 0 nitrogen and oxygen atoms in total. The highest BCUT2D eigenvalue weighted by atomic mass is 127. The molecule has 0 heterocycles. The predicted molar refractivity (Wildman–Crippen MR) is 96.0 cm³/mol. The van der Waals surface area contributed by atoms with Gasteiger partial charge in [-0.3, -0.25) is 0 Å². The van der Waals surface area contributed by atoms with E-state index >= 15 is 0 Å². The van der Waals surface area contributed by atoms with Crippen molar-refractivity contribution in [2.45, 2.75) is 2.86 Å². The van der Waals surface area contributed by atoms with Crippen molar-refractivity contribution in [1.82, 2.24) is 0 Å². The number of allylic oxidation sites excluding steroid dienone is 8. The monoisotopic (exact) mass is 634 g/mol. The van der Waals surface area contributed by atoms with E-state index in [1.807, 2.05) is 0 Å². The molecule has 0 aromatic heterocycles. The molecule has 0 atom stereocenters. The van der Waals surface area contributed by atoms with Crippen molar-refractivity contribution in [1.29, 1.82) is 0 Å². The molecule has 0 saturated heterocycles. The Labute approximate surface area is 138 Å². The minimum Gasteiger partial charge on any atom is -0.0578 e. The van der Waals surface area contributed by atoms with Crippen molar-refractivity contribution in [2.75, 3.05) is 0 Å². The molecule has 0 bridgehead atoms. The molecule has 0 amide bonds. The smallest absolute Gasteiger partial charge is 0.0578 e. The normalized spacial score (nSPS) is 26.6. The summed E-state index contributed by atoms with van der Waals surface area (Å²) < 4.78 is 0.284. The van der Waals surface area contributed by atoms with Gasteiger partial charge >= 0.3 is 0 Å². The Morgan fingerprint density at radius 3 is 1.43 bits per heavy atom. The van der Waals surface area contributed by atoms with Gasteiger partial charge in [0.25, 0.3) is 0 Å². The molecule has 2 aliphatic rings. The van der Waals surface area contributed by atoms with Crippen LogP contribution in [-0.4, -0.2) is 2.86 Å². The number of hydrogen-bond donors (Lipinski definition) is 0. The third-order valence-electron chi connectivity index (χ3n) is 2.00. The lowest BCUT2D eigenvalue weighted by molar-refractivity contribution is 1.25. The van der Waals surface area contributed by atoms with Crippen molar-refractivity contribution < 1.29 is 0 Å². The summed E-state index contributed by atoms with van der Waals surface area (Å²) in [6, 6.07) is 0. The molecule has 0 fully saturated rings. The van der Waals surface area contributed by atoms with Crippen molar-refractivity contribution in [3.8, 4) is 0 Å². The van der Waals surface area contributed by atoms with Crippen LogP contribution in [0.15, 0.2) is 47.6 Å². The second kappa shape index (κ2) is 4.28. The van der Waals surface area contributed by atoms with Gasteiger partial charge in [0.1, 0.15) is 2.86 Å². The van der Waals surface area contributed by atoms with Crippen molar-refractivity contribution in [3.05, 3.63) is 47.6 Å². The van der Waals surface area contributed by atoms with Crippen LogP contribution in [0.3, 0.4) is 0 Å². The number of fused-ring (bicyclic) bond motifs is 1. The van der Waals surface area contributed by atoms with Gasteiger partial charge in [-0.15, -0.1) is 0 Å². The summed E-state index contributed by atoms with van der Waals surface area (Å²) in [5.41, 5.74) is 2.69. The molecule has 2 aliphatic carbocycles. The van der Waals surface area contributed by atoms with E-state index in [1.54, 1.807) is 0 Å². The van der Waals surface area contributed by atoms with Gasteiger partial charge < -0.3 is 0 Å². The summed E-state index contributed by atoms with van der Waals surface area (Å²) in [5, 5.41) is 0. The highest BCUT2D eigenvalue weighted by Crippen LogP contribution is 2.43. The Morgan fingerprint density at radius 2 is 1.07 bits per heavy atom. The topological polar surface area (TPSA) is 0 Å². The average molecular weight is 634 g/mol. The average Bonchev–Trinajstić information content (AvgIpc) is 2.04. The van der Waals surface area contributed by atoms with Crippen LogP contribution in [0.5, 0.6) is 0 Å². The lowest BCUT2D eigenvalue weighted by atomic mass is 9.95. The van der Waals surface area contributed by atoms with Gasteiger partial charge in [0.15, 0.2) is 0 Å². The molecule has 2 rings (SSSR count). The van der Waals surface area contributed by atoms with E-state index < -0.39 is 0 Å². The zero-order valence-electron chi connectivity index (χ0n) is 6.98. The second-order valence-electron chi connectivity index (χ2n) is 3.22. The molecule has 0 radical (unpaired) electrons. The summed E-state index contributed by atoms with van der Waals surface area (Å²) >= 11 is 9.79. The van der Waals surface area contributed by atoms with E-state index in [4.69, 9.17) is 0 Å². The standard InChI is InChI=1S/C10H6I4/c11-9(12)3-1-7-5-10(13,14)4-2-8(7)6-9/h1-6H. The first-order valence-corrected chi connectivity index (χ1v) is 8.30. The zero-order chi connectivity index (χ0) is 10.4. The minimum atomic E-state index is 0.142. The third-order valence-corrected chi connectivity index (χ3v) is 4.68. The maximum absolute atomic E-state index is 2.45. The van der Waals surface area contributed by atoms with Crippen molar-refractivity contribution >= 4 is 90.4 Å². The molecule has 0 N–H and O–H groups in total. The first kappa shape index (κ1) is 12.3. The Hall–Kier alpha value is 1.88. The van der Waals surface area contributed by atoms with Crippen LogP contribution in [0.25, 0.3) is 0 Å². The summed E-state index contributed by atoms with van der Waals surface area (Å²) in [5.74, 6) is 0. The summed E-state index contributed by atoms with van der Waals surface area (Å²) in [7, 11) is 0. The second-order valence-corrected chi connectivity index (χ2v) is 14.5. The largest absolute Gasteiger partial charge is 0.110 e. The molecule has 0 aromatic carbocycles. The summed E-state index contributed by atoms with van der Waals surface area (Å²) in [4.78, 5) is 0. The van der Waals surface area contributed by atoms with Gasteiger partial charge in [0, 0.05) is 0 Å². The number of halogens is 4. The molecule has 0 saturated carbocycles. The van der Waals surface area contributed by atoms with Gasteiger partial charge in [-0.25, -0.2) is 0 Å². The van der Waals surface area contributed by atoms with Crippen LogP contribution >= 0.6 is 90.4 Å². The summed E-state index contributed by atoms with van der Waals surface area (Å²) in [6.45, 7) is 0. The van der Waals surface area contributed by atoms with Crippen LogP contribution in [0.2, 0.25) is 0 Å². The van der Waals surface area contributed by atoms with Crippen LogP contribution in [0, 0.1) is 0 Å². The molecule has 74 valence electrons. The number of rotatable bonds is 0. The van der Waals surface area contributed by atoms with Gasteiger partial charge in [-0.1, -0.05) is 115 Å². The Balaban J connectivity index is 2.42.